The van der Waals surface area contributed by atoms with Crippen LogP contribution in [-0.2, 0) is 0 Å². The minimum atomic E-state index is 0.342. The van der Waals surface area contributed by atoms with Gasteiger partial charge in [0, 0.05) is 25.1 Å². The van der Waals surface area contributed by atoms with Crippen molar-refractivity contribution in [2.75, 3.05) is 17.7 Å². The standard InChI is InChI=1S/C16H28N4/c1-11(2)15-19-13(17-5)10-14(20-15)18-12-6-8-16(3,4)9-7-12/h10-12H,6-9H2,1-5H3,(H2,17,18,19,20). The minimum Gasteiger partial charge on any atom is -0.373 e. The van der Waals surface area contributed by atoms with Crippen LogP contribution < -0.4 is 10.6 Å². The molecule has 0 bridgehead atoms. The van der Waals surface area contributed by atoms with Gasteiger partial charge in [-0.1, -0.05) is 27.7 Å². The van der Waals surface area contributed by atoms with Gasteiger partial charge in [0.2, 0.25) is 0 Å². The summed E-state index contributed by atoms with van der Waals surface area (Å²) in [7, 11) is 1.90. The summed E-state index contributed by atoms with van der Waals surface area (Å²) < 4.78 is 0. The summed E-state index contributed by atoms with van der Waals surface area (Å²) in [5.41, 5.74) is 0.503. The van der Waals surface area contributed by atoms with E-state index in [4.69, 9.17) is 0 Å². The first-order valence-corrected chi connectivity index (χ1v) is 7.73. The fraction of sp³-hybridized carbons (Fsp3) is 0.750. The van der Waals surface area contributed by atoms with Crippen LogP contribution in [0.3, 0.4) is 0 Å². The number of aromatic nitrogens is 2. The zero-order valence-electron chi connectivity index (χ0n) is 13.5. The SMILES string of the molecule is CNc1cc(NC2CCC(C)(C)CC2)nc(C(C)C)n1. The van der Waals surface area contributed by atoms with Gasteiger partial charge in [0.05, 0.1) is 0 Å². The van der Waals surface area contributed by atoms with Crippen molar-refractivity contribution in [3.63, 3.8) is 0 Å². The molecule has 0 saturated heterocycles. The molecule has 1 aliphatic carbocycles. The highest BCUT2D eigenvalue weighted by Crippen LogP contribution is 2.36. The Morgan fingerprint density at radius 3 is 2.30 bits per heavy atom. The van der Waals surface area contributed by atoms with Gasteiger partial charge in [-0.15, -0.1) is 0 Å². The lowest BCUT2D eigenvalue weighted by molar-refractivity contribution is 0.232. The first-order valence-electron chi connectivity index (χ1n) is 7.73. The molecule has 1 aromatic rings. The Morgan fingerprint density at radius 2 is 1.75 bits per heavy atom. The average Bonchev–Trinajstić information content (AvgIpc) is 2.41. The summed E-state index contributed by atoms with van der Waals surface area (Å²) in [6, 6.07) is 2.55. The van der Waals surface area contributed by atoms with Crippen LogP contribution in [0.1, 0.15) is 65.1 Å². The van der Waals surface area contributed by atoms with Crippen molar-refractivity contribution in [2.24, 2.45) is 5.41 Å². The molecule has 1 fully saturated rings. The lowest BCUT2D eigenvalue weighted by atomic mass is 9.75. The summed E-state index contributed by atoms with van der Waals surface area (Å²) in [5.74, 6) is 3.09. The Labute approximate surface area is 122 Å². The van der Waals surface area contributed by atoms with Crippen LogP contribution in [0.5, 0.6) is 0 Å². The van der Waals surface area contributed by atoms with E-state index in [1.165, 1.54) is 25.7 Å². The molecule has 2 N–H and O–H groups in total. The zero-order valence-corrected chi connectivity index (χ0v) is 13.5. The zero-order chi connectivity index (χ0) is 14.8. The molecular formula is C16H28N4. The van der Waals surface area contributed by atoms with Gasteiger partial charge in [-0.05, 0) is 31.1 Å². The third-order valence-corrected chi connectivity index (χ3v) is 4.21. The van der Waals surface area contributed by atoms with Gasteiger partial charge in [-0.25, -0.2) is 9.97 Å². The van der Waals surface area contributed by atoms with E-state index in [1.54, 1.807) is 0 Å². The Balaban J connectivity index is 2.07. The number of nitrogens with zero attached hydrogens (tertiary/aromatic N) is 2. The summed E-state index contributed by atoms with van der Waals surface area (Å²) in [4.78, 5) is 9.15. The molecule has 1 saturated carbocycles. The molecule has 1 aliphatic rings. The molecule has 0 spiro atoms. The van der Waals surface area contributed by atoms with E-state index in [9.17, 15) is 0 Å². The molecule has 112 valence electrons. The van der Waals surface area contributed by atoms with Crippen molar-refractivity contribution >= 4 is 11.6 Å². The Hall–Kier alpha value is -1.32. The largest absolute Gasteiger partial charge is 0.373 e. The molecule has 0 aliphatic heterocycles. The molecule has 0 aromatic carbocycles. The second kappa shape index (κ2) is 5.98. The Morgan fingerprint density at radius 1 is 1.15 bits per heavy atom. The second-order valence-electron chi connectivity index (χ2n) is 6.98. The van der Waals surface area contributed by atoms with Crippen LogP contribution in [0.2, 0.25) is 0 Å². The molecule has 2 rings (SSSR count). The highest BCUT2D eigenvalue weighted by atomic mass is 15.1. The maximum absolute atomic E-state index is 4.65. The molecule has 4 heteroatoms. The Kier molecular flexibility index (Phi) is 4.51. The van der Waals surface area contributed by atoms with Crippen LogP contribution >= 0.6 is 0 Å². The lowest BCUT2D eigenvalue weighted by Gasteiger charge is -2.34. The Bertz CT molecular complexity index is 444. The quantitative estimate of drug-likeness (QED) is 0.872. The van der Waals surface area contributed by atoms with Crippen LogP contribution in [0.15, 0.2) is 6.07 Å². The number of rotatable bonds is 4. The van der Waals surface area contributed by atoms with E-state index in [-0.39, 0.29) is 0 Å². The predicted molar refractivity (Wildman–Crippen MR) is 85.3 cm³/mol. The van der Waals surface area contributed by atoms with Gasteiger partial charge in [0.15, 0.2) is 0 Å². The third kappa shape index (κ3) is 3.84. The third-order valence-electron chi connectivity index (χ3n) is 4.21. The monoisotopic (exact) mass is 276 g/mol. The molecule has 4 nitrogen and oxygen atoms in total. The number of hydrogen-bond acceptors (Lipinski definition) is 4. The molecular weight excluding hydrogens is 248 g/mol. The molecule has 1 aromatic heterocycles. The van der Waals surface area contributed by atoms with Crippen molar-refractivity contribution in [3.8, 4) is 0 Å². The smallest absolute Gasteiger partial charge is 0.135 e. The van der Waals surface area contributed by atoms with Crippen molar-refractivity contribution in [3.05, 3.63) is 11.9 Å². The van der Waals surface area contributed by atoms with E-state index < -0.39 is 0 Å². The maximum atomic E-state index is 4.65. The number of hydrogen-bond donors (Lipinski definition) is 2. The van der Waals surface area contributed by atoms with E-state index in [0.29, 0.717) is 17.4 Å². The lowest BCUT2D eigenvalue weighted by Crippen LogP contribution is -2.30. The molecule has 20 heavy (non-hydrogen) atoms. The summed E-state index contributed by atoms with van der Waals surface area (Å²) >= 11 is 0. The van der Waals surface area contributed by atoms with Gasteiger partial charge in [-0.2, -0.15) is 0 Å². The second-order valence-corrected chi connectivity index (χ2v) is 6.98. The van der Waals surface area contributed by atoms with Crippen molar-refractivity contribution in [1.29, 1.82) is 0 Å². The van der Waals surface area contributed by atoms with Crippen LogP contribution in [-0.4, -0.2) is 23.1 Å². The number of nitrogens with one attached hydrogen (secondary N) is 2. The van der Waals surface area contributed by atoms with Crippen LogP contribution in [0, 0.1) is 5.41 Å². The summed E-state index contributed by atoms with van der Waals surface area (Å²) in [6.07, 6.45) is 5.02. The first kappa shape index (κ1) is 15.1. The van der Waals surface area contributed by atoms with E-state index in [0.717, 1.165) is 17.5 Å². The van der Waals surface area contributed by atoms with Crippen LogP contribution in [0.25, 0.3) is 0 Å². The van der Waals surface area contributed by atoms with E-state index in [2.05, 4.69) is 48.3 Å². The van der Waals surface area contributed by atoms with Crippen molar-refractivity contribution in [2.45, 2.75) is 65.3 Å². The number of anilines is 2. The van der Waals surface area contributed by atoms with Gasteiger partial charge >= 0.3 is 0 Å². The molecule has 1 heterocycles. The van der Waals surface area contributed by atoms with Gasteiger partial charge in [0.25, 0.3) is 0 Å². The minimum absolute atomic E-state index is 0.342. The highest BCUT2D eigenvalue weighted by Gasteiger charge is 2.27. The fourth-order valence-corrected chi connectivity index (χ4v) is 2.68. The molecule has 0 radical (unpaired) electrons. The van der Waals surface area contributed by atoms with Crippen LogP contribution in [0.4, 0.5) is 11.6 Å². The highest BCUT2D eigenvalue weighted by molar-refractivity contribution is 5.48. The fourth-order valence-electron chi connectivity index (χ4n) is 2.68. The van der Waals surface area contributed by atoms with Gasteiger partial charge in [-0.3, -0.25) is 0 Å². The van der Waals surface area contributed by atoms with E-state index >= 15 is 0 Å². The summed E-state index contributed by atoms with van der Waals surface area (Å²) in [6.45, 7) is 8.98. The van der Waals surface area contributed by atoms with Gasteiger partial charge < -0.3 is 10.6 Å². The van der Waals surface area contributed by atoms with Gasteiger partial charge in [0.1, 0.15) is 17.5 Å². The maximum Gasteiger partial charge on any atom is 0.135 e. The molecule has 0 amide bonds. The average molecular weight is 276 g/mol. The molecule has 0 unspecified atom stereocenters. The summed E-state index contributed by atoms with van der Waals surface area (Å²) in [5, 5.41) is 6.72. The molecule has 0 atom stereocenters. The first-order chi connectivity index (χ1) is 9.39. The van der Waals surface area contributed by atoms with Crippen molar-refractivity contribution in [1.82, 2.24) is 9.97 Å². The normalized spacial score (nSPS) is 19.1. The predicted octanol–water partition coefficient (Wildman–Crippen LogP) is 4.02. The van der Waals surface area contributed by atoms with Crippen molar-refractivity contribution < 1.29 is 0 Å². The van der Waals surface area contributed by atoms with E-state index in [1.807, 2.05) is 13.1 Å². The topological polar surface area (TPSA) is 49.8 Å².